The molecule has 7 heteroatoms. The first kappa shape index (κ1) is 14.2. The number of ether oxygens (including phenoxy) is 1. The van der Waals surface area contributed by atoms with Crippen LogP contribution in [0.1, 0.15) is 12.8 Å². The number of nitrogens with zero attached hydrogens (tertiary/aromatic N) is 1. The van der Waals surface area contributed by atoms with Crippen LogP contribution in [0.3, 0.4) is 0 Å². The fraction of sp³-hybridized carbons (Fsp3) is 0.900. The molecule has 1 N–H and O–H groups in total. The van der Waals surface area contributed by atoms with E-state index in [-0.39, 0.29) is 32.2 Å². The molecule has 0 aromatic heterocycles. The Balaban J connectivity index is 2.36. The number of halogens is 3. The number of carbonyl (C=O) groups is 1. The zero-order chi connectivity index (χ0) is 13.1. The van der Waals surface area contributed by atoms with Crippen LogP contribution in [0, 0.1) is 5.92 Å². The second kappa shape index (κ2) is 5.68. The first-order valence-electron chi connectivity index (χ1n) is 5.39. The molecule has 100 valence electrons. The highest BCUT2D eigenvalue weighted by atomic mass is 19.4. The molecule has 1 aliphatic heterocycles. The summed E-state index contributed by atoms with van der Waals surface area (Å²) >= 11 is 0. The van der Waals surface area contributed by atoms with Gasteiger partial charge in [0.1, 0.15) is 0 Å². The lowest BCUT2D eigenvalue weighted by Crippen LogP contribution is -2.41. The Bertz CT molecular complexity index is 270. The van der Waals surface area contributed by atoms with Crippen molar-refractivity contribution in [3.8, 4) is 0 Å². The predicted molar refractivity (Wildman–Crippen MR) is 53.7 cm³/mol. The van der Waals surface area contributed by atoms with Crippen molar-refractivity contribution in [2.75, 3.05) is 26.8 Å². The Kier molecular flexibility index (Phi) is 4.76. The summed E-state index contributed by atoms with van der Waals surface area (Å²) in [5, 5.41) is 8.90. The molecular weight excluding hydrogens is 239 g/mol. The van der Waals surface area contributed by atoms with Crippen LogP contribution >= 0.6 is 0 Å². The van der Waals surface area contributed by atoms with Gasteiger partial charge in [-0.25, -0.2) is 0 Å². The molecule has 1 saturated heterocycles. The minimum absolute atomic E-state index is 0.0250. The number of likely N-dealkylation sites (N-methyl/N-ethyl adjacent to an activating group) is 1. The largest absolute Gasteiger partial charge is 0.481 e. The van der Waals surface area contributed by atoms with E-state index >= 15 is 0 Å². The molecule has 0 bridgehead atoms. The fourth-order valence-electron chi connectivity index (χ4n) is 1.91. The standard InChI is InChI=1S/C10H16F3NO3/c1-14(4-2-3-10(11,12)13)8-6-17-5-7(8)9(15)16/h7-8H,2-6H2,1H3,(H,15,16). The van der Waals surface area contributed by atoms with Gasteiger partial charge < -0.3 is 14.7 Å². The molecule has 1 aliphatic rings. The third kappa shape index (κ3) is 4.51. The van der Waals surface area contributed by atoms with Gasteiger partial charge in [-0.1, -0.05) is 0 Å². The van der Waals surface area contributed by atoms with E-state index < -0.39 is 24.5 Å². The van der Waals surface area contributed by atoms with Gasteiger partial charge >= 0.3 is 12.1 Å². The molecule has 1 heterocycles. The van der Waals surface area contributed by atoms with E-state index in [1.165, 1.54) is 0 Å². The zero-order valence-corrected chi connectivity index (χ0v) is 9.54. The van der Waals surface area contributed by atoms with Crippen molar-refractivity contribution in [3.05, 3.63) is 0 Å². The smallest absolute Gasteiger partial charge is 0.389 e. The first-order valence-corrected chi connectivity index (χ1v) is 5.39. The van der Waals surface area contributed by atoms with Crippen LogP contribution in [0.2, 0.25) is 0 Å². The molecule has 2 atom stereocenters. The van der Waals surface area contributed by atoms with E-state index in [1.807, 2.05) is 0 Å². The average Bonchev–Trinajstić information content (AvgIpc) is 2.63. The molecule has 4 nitrogen and oxygen atoms in total. The van der Waals surface area contributed by atoms with E-state index in [1.54, 1.807) is 11.9 Å². The highest BCUT2D eigenvalue weighted by Gasteiger charge is 2.36. The van der Waals surface area contributed by atoms with Crippen molar-refractivity contribution >= 4 is 5.97 Å². The van der Waals surface area contributed by atoms with Gasteiger partial charge in [0.15, 0.2) is 0 Å². The van der Waals surface area contributed by atoms with Gasteiger partial charge in [0.2, 0.25) is 0 Å². The molecule has 1 fully saturated rings. The van der Waals surface area contributed by atoms with Gasteiger partial charge in [-0.3, -0.25) is 4.79 Å². The van der Waals surface area contributed by atoms with E-state index in [2.05, 4.69) is 0 Å². The number of alkyl halides is 3. The van der Waals surface area contributed by atoms with E-state index in [0.29, 0.717) is 0 Å². The maximum atomic E-state index is 12.0. The number of hydrogen-bond acceptors (Lipinski definition) is 3. The van der Waals surface area contributed by atoms with Crippen LogP contribution in [0.5, 0.6) is 0 Å². The summed E-state index contributed by atoms with van der Waals surface area (Å²) in [5.41, 5.74) is 0. The number of aliphatic carboxylic acids is 1. The van der Waals surface area contributed by atoms with Gasteiger partial charge in [-0.05, 0) is 20.0 Å². The van der Waals surface area contributed by atoms with Gasteiger partial charge in [-0.15, -0.1) is 0 Å². The summed E-state index contributed by atoms with van der Waals surface area (Å²) in [7, 11) is 1.63. The molecule has 1 rings (SSSR count). The van der Waals surface area contributed by atoms with Crippen molar-refractivity contribution in [3.63, 3.8) is 0 Å². The molecule has 0 aliphatic carbocycles. The van der Waals surface area contributed by atoms with Crippen LogP contribution < -0.4 is 0 Å². The summed E-state index contributed by atoms with van der Waals surface area (Å²) in [6, 6.07) is -0.333. The third-order valence-corrected chi connectivity index (χ3v) is 2.90. The summed E-state index contributed by atoms with van der Waals surface area (Å²) in [4.78, 5) is 12.5. The van der Waals surface area contributed by atoms with Crippen LogP contribution in [-0.2, 0) is 9.53 Å². The average molecular weight is 255 g/mol. The molecule has 0 amide bonds. The Morgan fingerprint density at radius 1 is 1.47 bits per heavy atom. The molecule has 0 spiro atoms. The Morgan fingerprint density at radius 2 is 2.12 bits per heavy atom. The maximum Gasteiger partial charge on any atom is 0.389 e. The number of rotatable bonds is 5. The second-order valence-electron chi connectivity index (χ2n) is 4.25. The second-order valence-corrected chi connectivity index (χ2v) is 4.25. The monoisotopic (exact) mass is 255 g/mol. The molecular formula is C10H16F3NO3. The first-order chi connectivity index (χ1) is 7.81. The highest BCUT2D eigenvalue weighted by Crippen LogP contribution is 2.23. The predicted octanol–water partition coefficient (Wildman–Crippen LogP) is 1.36. The van der Waals surface area contributed by atoms with E-state index in [4.69, 9.17) is 9.84 Å². The highest BCUT2D eigenvalue weighted by molar-refractivity contribution is 5.71. The number of hydrogen-bond donors (Lipinski definition) is 1. The number of carboxylic acid groups (broad SMARTS) is 1. The Hall–Kier alpha value is -0.820. The number of carboxylic acids is 1. The normalized spacial score (nSPS) is 25.5. The van der Waals surface area contributed by atoms with Crippen LogP contribution in [0.4, 0.5) is 13.2 Å². The molecule has 0 aromatic carbocycles. The van der Waals surface area contributed by atoms with Crippen LogP contribution in [0.15, 0.2) is 0 Å². The molecule has 0 radical (unpaired) electrons. The fourth-order valence-corrected chi connectivity index (χ4v) is 1.91. The summed E-state index contributed by atoms with van der Waals surface area (Å²) in [6.45, 7) is 0.612. The van der Waals surface area contributed by atoms with Crippen molar-refractivity contribution in [2.24, 2.45) is 5.92 Å². The van der Waals surface area contributed by atoms with Crippen molar-refractivity contribution < 1.29 is 27.8 Å². The summed E-state index contributed by atoms with van der Waals surface area (Å²) in [6.07, 6.45) is -5.02. The van der Waals surface area contributed by atoms with Crippen molar-refractivity contribution in [2.45, 2.75) is 25.1 Å². The van der Waals surface area contributed by atoms with Gasteiger partial charge in [-0.2, -0.15) is 13.2 Å². The SMILES string of the molecule is CN(CCCC(F)(F)F)C1COCC1C(=O)O. The minimum Gasteiger partial charge on any atom is -0.481 e. The quantitative estimate of drug-likeness (QED) is 0.806. The summed E-state index contributed by atoms with van der Waals surface area (Å²) in [5.74, 6) is -1.61. The van der Waals surface area contributed by atoms with Gasteiger partial charge in [0.25, 0.3) is 0 Å². The Labute approximate surface area is 97.3 Å². The lowest BCUT2D eigenvalue weighted by molar-refractivity contribution is -0.144. The lowest BCUT2D eigenvalue weighted by Gasteiger charge is -2.26. The third-order valence-electron chi connectivity index (χ3n) is 2.90. The van der Waals surface area contributed by atoms with E-state index in [9.17, 15) is 18.0 Å². The maximum absolute atomic E-state index is 12.0. The topological polar surface area (TPSA) is 49.8 Å². The van der Waals surface area contributed by atoms with Gasteiger partial charge in [0.05, 0.1) is 19.1 Å². The minimum atomic E-state index is -4.15. The molecule has 0 aromatic rings. The zero-order valence-electron chi connectivity index (χ0n) is 9.54. The lowest BCUT2D eigenvalue weighted by atomic mass is 10.0. The molecule has 2 unspecified atom stereocenters. The van der Waals surface area contributed by atoms with Crippen LogP contribution in [0.25, 0.3) is 0 Å². The summed E-state index contributed by atoms with van der Waals surface area (Å²) < 4.78 is 40.9. The van der Waals surface area contributed by atoms with Gasteiger partial charge in [0, 0.05) is 12.5 Å². The Morgan fingerprint density at radius 3 is 2.65 bits per heavy atom. The van der Waals surface area contributed by atoms with Crippen molar-refractivity contribution in [1.82, 2.24) is 4.90 Å². The van der Waals surface area contributed by atoms with Crippen LogP contribution in [-0.4, -0.2) is 55.0 Å². The van der Waals surface area contributed by atoms with E-state index in [0.717, 1.165) is 0 Å². The van der Waals surface area contributed by atoms with Crippen molar-refractivity contribution in [1.29, 1.82) is 0 Å². The molecule has 0 saturated carbocycles. The molecule has 17 heavy (non-hydrogen) atoms.